The van der Waals surface area contributed by atoms with Crippen molar-refractivity contribution >= 4 is 17.3 Å². The van der Waals surface area contributed by atoms with Gasteiger partial charge in [-0.05, 0) is 26.3 Å². The minimum absolute atomic E-state index is 0.485. The molecular formula is C13H16N4O2. The molecule has 1 saturated heterocycles. The number of nitrogens with zero attached hydrogens (tertiary/aromatic N) is 4. The zero-order chi connectivity index (χ0) is 13.6. The van der Waals surface area contributed by atoms with E-state index in [-0.39, 0.29) is 0 Å². The molecule has 2 aromatic heterocycles. The Balaban J connectivity index is 2.00. The summed E-state index contributed by atoms with van der Waals surface area (Å²) in [5, 5.41) is 13.6. The van der Waals surface area contributed by atoms with Crippen LogP contribution in [0.2, 0.25) is 0 Å². The van der Waals surface area contributed by atoms with Crippen molar-refractivity contribution in [3.8, 4) is 0 Å². The quantitative estimate of drug-likeness (QED) is 0.882. The molecule has 0 aromatic carbocycles. The van der Waals surface area contributed by atoms with Crippen molar-refractivity contribution in [1.29, 1.82) is 0 Å². The Kier molecular flexibility index (Phi) is 2.48. The molecule has 1 fully saturated rings. The molecule has 0 amide bonds. The molecule has 1 aliphatic heterocycles. The van der Waals surface area contributed by atoms with Crippen LogP contribution in [-0.4, -0.2) is 38.8 Å². The van der Waals surface area contributed by atoms with E-state index in [1.165, 1.54) is 0 Å². The van der Waals surface area contributed by atoms with E-state index < -0.39 is 11.4 Å². The lowest BCUT2D eigenvalue weighted by Gasteiger charge is -2.21. The molecule has 6 heteroatoms. The van der Waals surface area contributed by atoms with E-state index in [0.29, 0.717) is 19.5 Å². The third-order valence-electron chi connectivity index (χ3n) is 3.78. The third kappa shape index (κ3) is 1.83. The van der Waals surface area contributed by atoms with Crippen molar-refractivity contribution < 1.29 is 9.90 Å². The van der Waals surface area contributed by atoms with Crippen molar-refractivity contribution in [2.45, 2.75) is 20.3 Å². The smallest absolute Gasteiger partial charge is 0.311 e. The summed E-state index contributed by atoms with van der Waals surface area (Å²) in [6.07, 6.45) is 4.14. The Bertz CT molecular complexity index is 651. The van der Waals surface area contributed by atoms with Gasteiger partial charge in [0.25, 0.3) is 0 Å². The van der Waals surface area contributed by atoms with Crippen LogP contribution in [0.1, 0.15) is 19.0 Å². The largest absolute Gasteiger partial charge is 0.481 e. The van der Waals surface area contributed by atoms with Gasteiger partial charge < -0.3 is 10.0 Å². The summed E-state index contributed by atoms with van der Waals surface area (Å²) in [5.74, 6) is 0.0692. The number of hydrogen-bond acceptors (Lipinski definition) is 4. The van der Waals surface area contributed by atoms with E-state index in [9.17, 15) is 9.90 Å². The highest BCUT2D eigenvalue weighted by Gasteiger charge is 2.41. The standard InChI is InChI=1S/C13H16N4O2/c1-9-7-10-11(14-4-6-17(10)15-9)16-5-3-13(2,8-16)12(18)19/h4,6-7H,3,5,8H2,1-2H3,(H,18,19)/t13-/m1/s1. The van der Waals surface area contributed by atoms with E-state index >= 15 is 0 Å². The van der Waals surface area contributed by atoms with Gasteiger partial charge in [0.05, 0.1) is 11.1 Å². The highest BCUT2D eigenvalue weighted by atomic mass is 16.4. The molecule has 0 aliphatic carbocycles. The number of carbonyl (C=O) groups is 1. The normalized spacial score (nSPS) is 23.2. The molecule has 0 unspecified atom stereocenters. The van der Waals surface area contributed by atoms with E-state index in [1.54, 1.807) is 23.8 Å². The maximum Gasteiger partial charge on any atom is 0.311 e. The van der Waals surface area contributed by atoms with E-state index in [4.69, 9.17) is 0 Å². The fourth-order valence-electron chi connectivity index (χ4n) is 2.59. The van der Waals surface area contributed by atoms with E-state index in [1.807, 2.05) is 17.9 Å². The number of fused-ring (bicyclic) bond motifs is 1. The Labute approximate surface area is 110 Å². The first-order valence-electron chi connectivity index (χ1n) is 6.29. The van der Waals surface area contributed by atoms with Gasteiger partial charge in [-0.1, -0.05) is 0 Å². The monoisotopic (exact) mass is 260 g/mol. The molecule has 19 heavy (non-hydrogen) atoms. The van der Waals surface area contributed by atoms with Crippen LogP contribution in [0.15, 0.2) is 18.5 Å². The first-order valence-corrected chi connectivity index (χ1v) is 6.29. The topological polar surface area (TPSA) is 70.7 Å². The lowest BCUT2D eigenvalue weighted by molar-refractivity contribution is -0.146. The fourth-order valence-corrected chi connectivity index (χ4v) is 2.59. The van der Waals surface area contributed by atoms with Crippen LogP contribution in [0.5, 0.6) is 0 Å². The molecule has 2 aromatic rings. The van der Waals surface area contributed by atoms with Crippen LogP contribution in [-0.2, 0) is 4.79 Å². The highest BCUT2D eigenvalue weighted by molar-refractivity contribution is 5.77. The van der Waals surface area contributed by atoms with Gasteiger partial charge >= 0.3 is 5.97 Å². The Morgan fingerprint density at radius 1 is 1.53 bits per heavy atom. The molecule has 1 N–H and O–H groups in total. The first-order chi connectivity index (χ1) is 8.99. The average Bonchev–Trinajstić information content (AvgIpc) is 2.91. The molecule has 3 heterocycles. The lowest BCUT2D eigenvalue weighted by atomic mass is 9.90. The maximum atomic E-state index is 11.3. The zero-order valence-corrected chi connectivity index (χ0v) is 11.0. The molecule has 6 nitrogen and oxygen atoms in total. The first kappa shape index (κ1) is 12.0. The second-order valence-corrected chi connectivity index (χ2v) is 5.40. The molecule has 3 rings (SSSR count). The summed E-state index contributed by atoms with van der Waals surface area (Å²) in [7, 11) is 0. The number of carboxylic acid groups (broad SMARTS) is 1. The number of anilines is 1. The lowest BCUT2D eigenvalue weighted by Crippen LogP contribution is -2.32. The summed E-state index contributed by atoms with van der Waals surface area (Å²) in [5.41, 5.74) is 1.16. The Morgan fingerprint density at radius 3 is 3.00 bits per heavy atom. The van der Waals surface area contributed by atoms with Crippen molar-refractivity contribution in [1.82, 2.24) is 14.6 Å². The second kappa shape index (κ2) is 3.94. The van der Waals surface area contributed by atoms with Crippen LogP contribution in [0.4, 0.5) is 5.82 Å². The SMILES string of the molecule is Cc1cc2c(N3CC[C@@](C)(C(=O)O)C3)nccn2n1. The molecular weight excluding hydrogens is 244 g/mol. The fraction of sp³-hybridized carbons (Fsp3) is 0.462. The summed E-state index contributed by atoms with van der Waals surface area (Å²) in [6.45, 7) is 4.91. The van der Waals surface area contributed by atoms with Gasteiger partial charge in [0.1, 0.15) is 5.52 Å². The molecule has 0 saturated carbocycles. The van der Waals surface area contributed by atoms with Crippen molar-refractivity contribution in [3.63, 3.8) is 0 Å². The average molecular weight is 260 g/mol. The molecule has 0 bridgehead atoms. The molecule has 0 spiro atoms. The number of hydrogen-bond donors (Lipinski definition) is 1. The number of aliphatic carboxylic acids is 1. The zero-order valence-electron chi connectivity index (χ0n) is 11.0. The van der Waals surface area contributed by atoms with Crippen molar-refractivity contribution in [2.24, 2.45) is 5.41 Å². The van der Waals surface area contributed by atoms with E-state index in [0.717, 1.165) is 17.0 Å². The minimum atomic E-state index is -0.744. The predicted molar refractivity (Wildman–Crippen MR) is 70.3 cm³/mol. The Morgan fingerprint density at radius 2 is 2.32 bits per heavy atom. The second-order valence-electron chi connectivity index (χ2n) is 5.40. The number of carboxylic acids is 1. The summed E-state index contributed by atoms with van der Waals surface area (Å²) >= 11 is 0. The van der Waals surface area contributed by atoms with Gasteiger partial charge in [0.15, 0.2) is 5.82 Å². The number of rotatable bonds is 2. The number of aromatic nitrogens is 3. The van der Waals surface area contributed by atoms with Crippen molar-refractivity contribution in [3.05, 3.63) is 24.2 Å². The van der Waals surface area contributed by atoms with Crippen LogP contribution in [0.3, 0.4) is 0 Å². The van der Waals surface area contributed by atoms with Crippen LogP contribution in [0, 0.1) is 12.3 Å². The van der Waals surface area contributed by atoms with Gasteiger partial charge in [-0.25, -0.2) is 9.50 Å². The minimum Gasteiger partial charge on any atom is -0.481 e. The molecule has 100 valence electrons. The molecule has 1 aliphatic rings. The van der Waals surface area contributed by atoms with Crippen LogP contribution in [0.25, 0.3) is 5.52 Å². The van der Waals surface area contributed by atoms with Gasteiger partial charge in [0.2, 0.25) is 0 Å². The molecule has 1 atom stereocenters. The van der Waals surface area contributed by atoms with Gasteiger partial charge in [0, 0.05) is 25.5 Å². The number of aryl methyl sites for hydroxylation is 1. The highest BCUT2D eigenvalue weighted by Crippen LogP contribution is 2.34. The Hall–Kier alpha value is -2.11. The van der Waals surface area contributed by atoms with E-state index in [2.05, 4.69) is 10.1 Å². The van der Waals surface area contributed by atoms with Gasteiger partial charge in [-0.15, -0.1) is 0 Å². The van der Waals surface area contributed by atoms with Crippen molar-refractivity contribution in [2.75, 3.05) is 18.0 Å². The molecule has 0 radical (unpaired) electrons. The maximum absolute atomic E-state index is 11.3. The van der Waals surface area contributed by atoms with Gasteiger partial charge in [-0.2, -0.15) is 5.10 Å². The van der Waals surface area contributed by atoms with Crippen LogP contribution < -0.4 is 4.90 Å². The third-order valence-corrected chi connectivity index (χ3v) is 3.78. The predicted octanol–water partition coefficient (Wildman–Crippen LogP) is 1.34. The summed E-state index contributed by atoms with van der Waals surface area (Å²) in [6, 6.07) is 1.97. The summed E-state index contributed by atoms with van der Waals surface area (Å²) < 4.78 is 1.79. The van der Waals surface area contributed by atoms with Gasteiger partial charge in [-0.3, -0.25) is 4.79 Å². The van der Waals surface area contributed by atoms with Crippen LogP contribution >= 0.6 is 0 Å². The summed E-state index contributed by atoms with van der Waals surface area (Å²) in [4.78, 5) is 17.7.